The highest BCUT2D eigenvalue weighted by molar-refractivity contribution is 6.34. The van der Waals surface area contributed by atoms with E-state index >= 15 is 0 Å². The summed E-state index contributed by atoms with van der Waals surface area (Å²) in [4.78, 5) is 26.1. The molecule has 0 aromatic heterocycles. The average Bonchev–Trinajstić information content (AvgIpc) is 3.01. The van der Waals surface area contributed by atoms with Crippen LogP contribution in [0.15, 0.2) is 42.5 Å². The summed E-state index contributed by atoms with van der Waals surface area (Å²) in [5, 5.41) is 3.21. The van der Waals surface area contributed by atoms with Gasteiger partial charge >= 0.3 is 0 Å². The van der Waals surface area contributed by atoms with E-state index in [0.717, 1.165) is 18.5 Å². The predicted molar refractivity (Wildman–Crippen MR) is 97.1 cm³/mol. The molecule has 5 nitrogen and oxygen atoms in total. The first-order chi connectivity index (χ1) is 12.1. The maximum absolute atomic E-state index is 12.5. The van der Waals surface area contributed by atoms with Gasteiger partial charge in [-0.15, -0.1) is 0 Å². The van der Waals surface area contributed by atoms with Gasteiger partial charge < -0.3 is 15.0 Å². The number of anilines is 1. The van der Waals surface area contributed by atoms with Gasteiger partial charge in [-0.2, -0.15) is 0 Å². The van der Waals surface area contributed by atoms with Crippen molar-refractivity contribution in [1.29, 1.82) is 0 Å². The molecule has 2 amide bonds. The molecule has 0 spiro atoms. The van der Waals surface area contributed by atoms with E-state index in [9.17, 15) is 9.59 Å². The van der Waals surface area contributed by atoms with E-state index in [2.05, 4.69) is 5.32 Å². The molecule has 0 bridgehead atoms. The fourth-order valence-electron chi connectivity index (χ4n) is 2.82. The smallest absolute Gasteiger partial charge is 0.255 e. The van der Waals surface area contributed by atoms with Crippen molar-refractivity contribution in [3.63, 3.8) is 0 Å². The molecule has 1 aliphatic rings. The molecular weight excluding hydrogens is 340 g/mol. The van der Waals surface area contributed by atoms with Crippen LogP contribution in [-0.2, 0) is 11.3 Å². The van der Waals surface area contributed by atoms with Crippen molar-refractivity contribution < 1.29 is 14.3 Å². The number of halogens is 1. The van der Waals surface area contributed by atoms with Gasteiger partial charge in [0, 0.05) is 31.1 Å². The molecule has 6 heteroatoms. The van der Waals surface area contributed by atoms with Crippen molar-refractivity contribution >= 4 is 29.1 Å². The number of nitrogens with zero attached hydrogens (tertiary/aromatic N) is 1. The standard InChI is InChI=1S/C19H19ClN2O3/c1-25-15-7-8-17(16(20)11-15)21-19(24)14-5-2-4-13(10-14)12-22-9-3-6-18(22)23/h2,4-5,7-8,10-11H,3,6,9,12H2,1H3,(H,21,24). The van der Waals surface area contributed by atoms with E-state index in [0.29, 0.717) is 35.0 Å². The second-order valence-corrected chi connectivity index (χ2v) is 6.33. The molecule has 0 unspecified atom stereocenters. The van der Waals surface area contributed by atoms with Gasteiger partial charge in [0.2, 0.25) is 5.91 Å². The summed E-state index contributed by atoms with van der Waals surface area (Å²) in [6, 6.07) is 12.4. The monoisotopic (exact) mass is 358 g/mol. The summed E-state index contributed by atoms with van der Waals surface area (Å²) in [6.45, 7) is 1.31. The van der Waals surface area contributed by atoms with Crippen molar-refractivity contribution in [3.05, 3.63) is 58.6 Å². The number of carbonyl (C=O) groups excluding carboxylic acids is 2. The molecule has 0 aliphatic carbocycles. The molecule has 25 heavy (non-hydrogen) atoms. The molecule has 1 saturated heterocycles. The van der Waals surface area contributed by atoms with E-state index in [1.165, 1.54) is 0 Å². The third-order valence-electron chi connectivity index (χ3n) is 4.16. The Balaban J connectivity index is 1.72. The zero-order valence-electron chi connectivity index (χ0n) is 13.9. The first-order valence-corrected chi connectivity index (χ1v) is 8.46. The molecule has 1 N–H and O–H groups in total. The van der Waals surface area contributed by atoms with E-state index in [4.69, 9.17) is 16.3 Å². The fourth-order valence-corrected chi connectivity index (χ4v) is 3.04. The van der Waals surface area contributed by atoms with E-state index < -0.39 is 0 Å². The summed E-state index contributed by atoms with van der Waals surface area (Å²) in [7, 11) is 1.56. The Morgan fingerprint density at radius 3 is 2.80 bits per heavy atom. The molecular formula is C19H19ClN2O3. The highest BCUT2D eigenvalue weighted by Crippen LogP contribution is 2.27. The van der Waals surface area contributed by atoms with Crippen LogP contribution in [0.5, 0.6) is 5.75 Å². The second kappa shape index (κ2) is 7.57. The zero-order chi connectivity index (χ0) is 17.8. The lowest BCUT2D eigenvalue weighted by molar-refractivity contribution is -0.128. The molecule has 1 fully saturated rings. The van der Waals surface area contributed by atoms with Crippen LogP contribution in [0.4, 0.5) is 5.69 Å². The molecule has 0 radical (unpaired) electrons. The summed E-state index contributed by atoms with van der Waals surface area (Å²) >= 11 is 6.16. The van der Waals surface area contributed by atoms with Gasteiger partial charge in [0.25, 0.3) is 5.91 Å². The highest BCUT2D eigenvalue weighted by atomic mass is 35.5. The van der Waals surface area contributed by atoms with Gasteiger partial charge in [-0.05, 0) is 36.2 Å². The quantitative estimate of drug-likeness (QED) is 0.886. The summed E-state index contributed by atoms with van der Waals surface area (Å²) in [5.41, 5.74) is 1.98. The molecule has 1 aliphatic heterocycles. The second-order valence-electron chi connectivity index (χ2n) is 5.92. The van der Waals surface area contributed by atoms with Crippen LogP contribution in [0, 0.1) is 0 Å². The van der Waals surface area contributed by atoms with Crippen molar-refractivity contribution in [2.75, 3.05) is 19.0 Å². The number of likely N-dealkylation sites (tertiary alicyclic amines) is 1. The Hall–Kier alpha value is -2.53. The van der Waals surface area contributed by atoms with E-state index in [-0.39, 0.29) is 11.8 Å². The van der Waals surface area contributed by atoms with Crippen LogP contribution in [0.2, 0.25) is 5.02 Å². The average molecular weight is 359 g/mol. The van der Waals surface area contributed by atoms with Crippen molar-refractivity contribution in [1.82, 2.24) is 4.90 Å². The number of hydrogen-bond donors (Lipinski definition) is 1. The minimum Gasteiger partial charge on any atom is -0.497 e. The molecule has 130 valence electrons. The van der Waals surface area contributed by atoms with Gasteiger partial charge in [-0.3, -0.25) is 9.59 Å². The number of methoxy groups -OCH3 is 1. The maximum atomic E-state index is 12.5. The zero-order valence-corrected chi connectivity index (χ0v) is 14.7. The van der Waals surface area contributed by atoms with Crippen molar-refractivity contribution in [3.8, 4) is 5.75 Å². The van der Waals surface area contributed by atoms with Gasteiger partial charge in [0.05, 0.1) is 17.8 Å². The lowest BCUT2D eigenvalue weighted by Gasteiger charge is -2.16. The normalized spacial score (nSPS) is 13.8. The van der Waals surface area contributed by atoms with Gasteiger partial charge in [-0.1, -0.05) is 23.7 Å². The number of rotatable bonds is 5. The number of amides is 2. The maximum Gasteiger partial charge on any atom is 0.255 e. The fraction of sp³-hybridized carbons (Fsp3) is 0.263. The van der Waals surface area contributed by atoms with Crippen LogP contribution in [-0.4, -0.2) is 30.4 Å². The summed E-state index contributed by atoms with van der Waals surface area (Å²) in [6.07, 6.45) is 1.51. The molecule has 0 saturated carbocycles. The number of benzene rings is 2. The Labute approximate surface area is 151 Å². The Bertz CT molecular complexity index is 807. The Morgan fingerprint density at radius 1 is 1.28 bits per heavy atom. The van der Waals surface area contributed by atoms with Gasteiger partial charge in [-0.25, -0.2) is 0 Å². The Kier molecular flexibility index (Phi) is 5.24. The Morgan fingerprint density at radius 2 is 2.12 bits per heavy atom. The minimum atomic E-state index is -0.248. The van der Waals surface area contributed by atoms with E-state index in [1.54, 1.807) is 37.4 Å². The van der Waals surface area contributed by atoms with Crippen LogP contribution in [0.25, 0.3) is 0 Å². The van der Waals surface area contributed by atoms with Gasteiger partial charge in [0.15, 0.2) is 0 Å². The largest absolute Gasteiger partial charge is 0.497 e. The van der Waals surface area contributed by atoms with Crippen LogP contribution < -0.4 is 10.1 Å². The molecule has 2 aromatic rings. The molecule has 1 heterocycles. The number of hydrogen-bond acceptors (Lipinski definition) is 3. The number of nitrogens with one attached hydrogen (secondary N) is 1. The summed E-state index contributed by atoms with van der Waals surface area (Å²) < 4.78 is 5.10. The number of ether oxygens (including phenoxy) is 1. The van der Waals surface area contributed by atoms with Crippen LogP contribution in [0.3, 0.4) is 0 Å². The first-order valence-electron chi connectivity index (χ1n) is 8.08. The van der Waals surface area contributed by atoms with Gasteiger partial charge in [0.1, 0.15) is 5.75 Å². The van der Waals surface area contributed by atoms with Crippen molar-refractivity contribution in [2.24, 2.45) is 0 Å². The van der Waals surface area contributed by atoms with Crippen LogP contribution in [0.1, 0.15) is 28.8 Å². The third-order valence-corrected chi connectivity index (χ3v) is 4.47. The molecule has 0 atom stereocenters. The van der Waals surface area contributed by atoms with Crippen LogP contribution >= 0.6 is 11.6 Å². The first kappa shape index (κ1) is 17.3. The third kappa shape index (κ3) is 4.12. The van der Waals surface area contributed by atoms with Crippen molar-refractivity contribution in [2.45, 2.75) is 19.4 Å². The lowest BCUT2D eigenvalue weighted by Crippen LogP contribution is -2.24. The molecule has 2 aromatic carbocycles. The number of carbonyl (C=O) groups is 2. The predicted octanol–water partition coefficient (Wildman–Crippen LogP) is 3.72. The minimum absolute atomic E-state index is 0.167. The highest BCUT2D eigenvalue weighted by Gasteiger charge is 2.20. The summed E-state index contributed by atoms with van der Waals surface area (Å²) in [5.74, 6) is 0.543. The SMILES string of the molecule is COc1ccc(NC(=O)c2cccc(CN3CCCC3=O)c2)c(Cl)c1. The van der Waals surface area contributed by atoms with E-state index in [1.807, 2.05) is 17.0 Å². The topological polar surface area (TPSA) is 58.6 Å². The lowest BCUT2D eigenvalue weighted by atomic mass is 10.1. The molecule has 3 rings (SSSR count).